The molecule has 3 rings (SSSR count). The van der Waals surface area contributed by atoms with E-state index in [9.17, 15) is 14.7 Å². The summed E-state index contributed by atoms with van der Waals surface area (Å²) in [7, 11) is 3.23. The first kappa shape index (κ1) is 23.0. The number of anilines is 1. The van der Waals surface area contributed by atoms with Crippen LogP contribution < -0.4 is 21.0 Å². The van der Waals surface area contributed by atoms with Crippen molar-refractivity contribution in [1.29, 1.82) is 0 Å². The fourth-order valence-electron chi connectivity index (χ4n) is 3.03. The maximum atomic E-state index is 12.9. The van der Waals surface area contributed by atoms with E-state index in [1.807, 2.05) is 54.6 Å². The van der Waals surface area contributed by atoms with Crippen LogP contribution >= 0.6 is 0 Å². The first-order valence-electron chi connectivity index (χ1n) is 10.0. The number of aliphatic hydroxyl groups excluding tert-OH is 1. The lowest BCUT2D eigenvalue weighted by Crippen LogP contribution is -2.42. The normalized spacial score (nSPS) is 11.1. The highest BCUT2D eigenvalue weighted by Crippen LogP contribution is 2.12. The third-order valence-corrected chi connectivity index (χ3v) is 4.74. The molecule has 168 valence electrons. The van der Waals surface area contributed by atoms with Crippen molar-refractivity contribution in [3.05, 3.63) is 92.6 Å². The van der Waals surface area contributed by atoms with Gasteiger partial charge >= 0.3 is 5.69 Å². The van der Waals surface area contributed by atoms with Gasteiger partial charge in [0.25, 0.3) is 5.56 Å². The van der Waals surface area contributed by atoms with Crippen LogP contribution in [0.4, 0.5) is 5.82 Å². The Bertz CT molecular complexity index is 1150. The van der Waals surface area contributed by atoms with Crippen LogP contribution in [-0.2, 0) is 24.6 Å². The molecule has 2 aromatic carbocycles. The largest absolute Gasteiger partial charge is 0.497 e. The van der Waals surface area contributed by atoms with Crippen LogP contribution in [0.25, 0.3) is 0 Å². The van der Waals surface area contributed by atoms with Gasteiger partial charge < -0.3 is 14.6 Å². The van der Waals surface area contributed by atoms with E-state index in [1.54, 1.807) is 20.4 Å². The van der Waals surface area contributed by atoms with Crippen molar-refractivity contribution in [1.82, 2.24) is 9.13 Å². The monoisotopic (exact) mass is 438 g/mol. The van der Waals surface area contributed by atoms with E-state index in [0.717, 1.165) is 21.4 Å². The topological polar surface area (TPSA) is 98.3 Å². The summed E-state index contributed by atoms with van der Waals surface area (Å²) in [4.78, 5) is 25.4. The summed E-state index contributed by atoms with van der Waals surface area (Å²) in [6.07, 6.45) is 1.61. The van der Waals surface area contributed by atoms with Gasteiger partial charge in [-0.1, -0.05) is 30.3 Å². The molecule has 0 radical (unpaired) electrons. The lowest BCUT2D eigenvalue weighted by Gasteiger charge is -2.20. The molecule has 0 aliphatic carbocycles. The second-order valence-corrected chi connectivity index (χ2v) is 6.93. The Kier molecular flexibility index (Phi) is 7.96. The molecule has 0 bridgehead atoms. The van der Waals surface area contributed by atoms with Crippen LogP contribution in [-0.4, -0.2) is 41.2 Å². The van der Waals surface area contributed by atoms with E-state index in [4.69, 9.17) is 9.47 Å². The van der Waals surface area contributed by atoms with E-state index >= 15 is 0 Å². The number of hydrogen-bond donors (Lipinski definition) is 1. The first-order valence-corrected chi connectivity index (χ1v) is 10.0. The summed E-state index contributed by atoms with van der Waals surface area (Å²) in [6.45, 7) is -0.220. The molecule has 9 nitrogen and oxygen atoms in total. The average Bonchev–Trinajstić information content (AvgIpc) is 2.82. The Morgan fingerprint density at radius 2 is 1.78 bits per heavy atom. The molecule has 1 aromatic heterocycles. The van der Waals surface area contributed by atoms with Crippen LogP contribution in [0.5, 0.6) is 5.75 Å². The molecule has 0 saturated heterocycles. The van der Waals surface area contributed by atoms with Gasteiger partial charge in [0, 0.05) is 13.1 Å². The van der Waals surface area contributed by atoms with Gasteiger partial charge in [-0.3, -0.25) is 18.9 Å². The van der Waals surface area contributed by atoms with Gasteiger partial charge in [0.05, 0.1) is 33.1 Å². The van der Waals surface area contributed by atoms with Gasteiger partial charge in [0.2, 0.25) is 0 Å². The number of methoxy groups -OCH3 is 1. The summed E-state index contributed by atoms with van der Waals surface area (Å²) in [5.41, 5.74) is 0.670. The Balaban J connectivity index is 1.87. The van der Waals surface area contributed by atoms with Crippen molar-refractivity contribution >= 4 is 12.0 Å². The smallest absolute Gasteiger partial charge is 0.334 e. The Morgan fingerprint density at radius 1 is 1.06 bits per heavy atom. The third kappa shape index (κ3) is 5.71. The average molecular weight is 438 g/mol. The number of hydrogen-bond acceptors (Lipinski definition) is 7. The van der Waals surface area contributed by atoms with Gasteiger partial charge in [-0.2, -0.15) is 5.10 Å². The zero-order chi connectivity index (χ0) is 22.9. The SMILES string of the molecule is COc1ccc(/C=N/N(C)c2cc(=O)n(CCO)c(=O)n2COCc2ccccc2)cc1. The molecular formula is C23H26N4O5. The van der Waals surface area contributed by atoms with Crippen molar-refractivity contribution in [2.45, 2.75) is 19.9 Å². The zero-order valence-corrected chi connectivity index (χ0v) is 18.0. The predicted octanol–water partition coefficient (Wildman–Crippen LogP) is 1.66. The highest BCUT2D eigenvalue weighted by atomic mass is 16.5. The standard InChI is InChI=1S/C23H26N4O5/c1-25(24-15-18-8-10-20(31-2)11-9-18)21-14-22(29)26(12-13-28)23(30)27(21)17-32-16-19-6-4-3-5-7-19/h3-11,14-15,28H,12-13,16-17H2,1-2H3/b24-15+. The molecule has 1 heterocycles. The number of nitrogens with zero attached hydrogens (tertiary/aromatic N) is 4. The van der Waals surface area contributed by atoms with Crippen molar-refractivity contribution < 1.29 is 14.6 Å². The summed E-state index contributed by atoms with van der Waals surface area (Å²) in [5, 5.41) is 15.0. The van der Waals surface area contributed by atoms with Gasteiger partial charge in [-0.05, 0) is 35.4 Å². The number of aliphatic hydroxyl groups is 1. The first-order chi connectivity index (χ1) is 15.5. The maximum absolute atomic E-state index is 12.9. The van der Waals surface area contributed by atoms with Crippen LogP contribution in [0.2, 0.25) is 0 Å². The quantitative estimate of drug-likeness (QED) is 0.382. The van der Waals surface area contributed by atoms with E-state index in [2.05, 4.69) is 5.10 Å². The molecule has 9 heteroatoms. The number of rotatable bonds is 10. The lowest BCUT2D eigenvalue weighted by atomic mass is 10.2. The predicted molar refractivity (Wildman–Crippen MR) is 122 cm³/mol. The molecule has 0 spiro atoms. The highest BCUT2D eigenvalue weighted by molar-refractivity contribution is 5.80. The number of hydrazone groups is 1. The molecule has 0 unspecified atom stereocenters. The summed E-state index contributed by atoms with van der Waals surface area (Å²) < 4.78 is 13.2. The minimum atomic E-state index is -0.582. The number of benzene rings is 2. The molecule has 0 atom stereocenters. The molecule has 0 fully saturated rings. The zero-order valence-electron chi connectivity index (χ0n) is 18.0. The number of aromatic nitrogens is 2. The lowest BCUT2D eigenvalue weighted by molar-refractivity contribution is 0.0604. The van der Waals surface area contributed by atoms with E-state index < -0.39 is 11.2 Å². The van der Waals surface area contributed by atoms with E-state index in [-0.39, 0.29) is 25.7 Å². The minimum Gasteiger partial charge on any atom is -0.497 e. The maximum Gasteiger partial charge on any atom is 0.334 e. The second-order valence-electron chi connectivity index (χ2n) is 6.93. The molecule has 0 aliphatic rings. The summed E-state index contributed by atoms with van der Waals surface area (Å²) in [6, 6.07) is 18.1. The summed E-state index contributed by atoms with van der Waals surface area (Å²) in [5.74, 6) is 0.999. The van der Waals surface area contributed by atoms with E-state index in [0.29, 0.717) is 6.61 Å². The Hall–Kier alpha value is -3.69. The Labute approximate surface area is 185 Å². The van der Waals surface area contributed by atoms with Crippen LogP contribution in [0.15, 0.2) is 75.4 Å². The van der Waals surface area contributed by atoms with Crippen LogP contribution in [0, 0.1) is 0 Å². The number of ether oxygens (including phenoxy) is 2. The fraction of sp³-hybridized carbons (Fsp3) is 0.261. The molecule has 0 aliphatic heterocycles. The van der Waals surface area contributed by atoms with Crippen molar-refractivity contribution in [2.24, 2.45) is 5.10 Å². The van der Waals surface area contributed by atoms with Gasteiger partial charge in [0.1, 0.15) is 18.3 Å². The molecular weight excluding hydrogens is 412 g/mol. The van der Waals surface area contributed by atoms with Gasteiger partial charge in [-0.15, -0.1) is 0 Å². The summed E-state index contributed by atoms with van der Waals surface area (Å²) >= 11 is 0. The third-order valence-electron chi connectivity index (χ3n) is 4.74. The molecule has 32 heavy (non-hydrogen) atoms. The van der Waals surface area contributed by atoms with Crippen molar-refractivity contribution in [3.8, 4) is 5.75 Å². The van der Waals surface area contributed by atoms with Gasteiger partial charge in [0.15, 0.2) is 0 Å². The fourth-order valence-corrected chi connectivity index (χ4v) is 3.03. The molecule has 0 amide bonds. The second kappa shape index (κ2) is 11.1. The van der Waals surface area contributed by atoms with Crippen molar-refractivity contribution in [2.75, 3.05) is 25.8 Å². The molecule has 3 aromatic rings. The highest BCUT2D eigenvalue weighted by Gasteiger charge is 2.14. The van der Waals surface area contributed by atoms with Crippen LogP contribution in [0.3, 0.4) is 0 Å². The van der Waals surface area contributed by atoms with Crippen molar-refractivity contribution in [3.63, 3.8) is 0 Å². The Morgan fingerprint density at radius 3 is 2.44 bits per heavy atom. The van der Waals surface area contributed by atoms with E-state index in [1.165, 1.54) is 15.6 Å². The minimum absolute atomic E-state index is 0.0861. The van der Waals surface area contributed by atoms with Gasteiger partial charge in [-0.25, -0.2) is 4.79 Å². The molecule has 1 N–H and O–H groups in total. The van der Waals surface area contributed by atoms with Crippen LogP contribution in [0.1, 0.15) is 11.1 Å². The molecule has 0 saturated carbocycles.